The van der Waals surface area contributed by atoms with Crippen LogP contribution in [0.25, 0.3) is 10.1 Å². The number of aromatic nitrogens is 1. The maximum Gasteiger partial charge on any atom is 0.255 e. The molecule has 1 aliphatic heterocycles. The van der Waals surface area contributed by atoms with E-state index in [9.17, 15) is 9.18 Å². The maximum absolute atomic E-state index is 13.1. The highest BCUT2D eigenvalue weighted by Gasteiger charge is 2.21. The minimum atomic E-state index is -0.352. The van der Waals surface area contributed by atoms with E-state index in [4.69, 9.17) is 4.37 Å². The largest absolute Gasteiger partial charge is 0.353 e. The van der Waals surface area contributed by atoms with E-state index >= 15 is 0 Å². The molecule has 1 fully saturated rings. The van der Waals surface area contributed by atoms with Crippen LogP contribution in [0.4, 0.5) is 15.9 Å². The van der Waals surface area contributed by atoms with Crippen LogP contribution in [0.3, 0.4) is 0 Å². The zero-order valence-electron chi connectivity index (χ0n) is 18.2. The van der Waals surface area contributed by atoms with Crippen LogP contribution >= 0.6 is 11.5 Å². The lowest BCUT2D eigenvalue weighted by Gasteiger charge is -2.35. The van der Waals surface area contributed by atoms with Crippen LogP contribution in [-0.4, -0.2) is 47.9 Å². The Morgan fingerprint density at radius 2 is 1.67 bits per heavy atom. The second-order valence-corrected chi connectivity index (χ2v) is 9.00. The molecule has 168 valence electrons. The first-order valence-corrected chi connectivity index (χ1v) is 11.9. The zero-order valence-corrected chi connectivity index (χ0v) is 19.0. The predicted molar refractivity (Wildman–Crippen MR) is 133 cm³/mol. The van der Waals surface area contributed by atoms with Gasteiger partial charge in [-0.2, -0.15) is 4.37 Å². The van der Waals surface area contributed by atoms with E-state index in [0.717, 1.165) is 56.2 Å². The molecule has 1 aromatic heterocycles. The number of fused-ring (bicyclic) bond motifs is 1. The lowest BCUT2D eigenvalue weighted by atomic mass is 10.1. The van der Waals surface area contributed by atoms with Gasteiger partial charge in [-0.05, 0) is 66.0 Å². The van der Waals surface area contributed by atoms with E-state index in [2.05, 4.69) is 45.4 Å². The minimum Gasteiger partial charge on any atom is -0.353 e. The maximum atomic E-state index is 13.1. The van der Waals surface area contributed by atoms with Crippen LogP contribution in [0, 0.1) is 5.82 Å². The Morgan fingerprint density at radius 1 is 0.939 bits per heavy atom. The number of halogens is 1. The molecule has 1 saturated heterocycles. The Morgan fingerprint density at radius 3 is 2.48 bits per heavy atom. The van der Waals surface area contributed by atoms with Gasteiger partial charge in [-0.15, -0.1) is 0 Å². The Hall–Kier alpha value is -3.29. The molecule has 1 amide bonds. The molecule has 0 radical (unpaired) electrons. The molecular weight excluding hydrogens is 435 g/mol. The quantitative estimate of drug-likeness (QED) is 0.437. The molecule has 5 nitrogen and oxygen atoms in total. The predicted octanol–water partition coefficient (Wildman–Crippen LogP) is 5.05. The number of piperazine rings is 1. The van der Waals surface area contributed by atoms with E-state index < -0.39 is 0 Å². The van der Waals surface area contributed by atoms with Crippen LogP contribution in [0.1, 0.15) is 15.9 Å². The van der Waals surface area contributed by atoms with E-state index in [1.165, 1.54) is 34.4 Å². The van der Waals surface area contributed by atoms with Crippen molar-refractivity contribution in [2.24, 2.45) is 0 Å². The third-order valence-electron chi connectivity index (χ3n) is 6.10. The third kappa shape index (κ3) is 4.89. The van der Waals surface area contributed by atoms with Crippen molar-refractivity contribution < 1.29 is 9.18 Å². The Kier molecular flexibility index (Phi) is 6.32. The van der Waals surface area contributed by atoms with Crippen LogP contribution in [0.5, 0.6) is 0 Å². The average molecular weight is 461 g/mol. The van der Waals surface area contributed by atoms with Gasteiger partial charge in [0, 0.05) is 49.4 Å². The smallest absolute Gasteiger partial charge is 0.255 e. The molecule has 7 heteroatoms. The van der Waals surface area contributed by atoms with Crippen molar-refractivity contribution in [3.63, 3.8) is 0 Å². The first-order chi connectivity index (χ1) is 16.2. The molecule has 0 spiro atoms. The highest BCUT2D eigenvalue weighted by Crippen LogP contribution is 2.30. The summed E-state index contributed by atoms with van der Waals surface area (Å²) in [5, 5.41) is 4.22. The fraction of sp³-hybridized carbons (Fsp3) is 0.231. The SMILES string of the molecule is O=C(Nc1ccccc1CCN1CCN(c2nsc3ccccc23)CC1)c1ccc(F)cc1. The third-order valence-corrected chi connectivity index (χ3v) is 6.92. The molecule has 1 N–H and O–H groups in total. The second-order valence-electron chi connectivity index (χ2n) is 8.20. The standard InChI is InChI=1S/C26H25FN4OS/c27-21-11-9-20(10-12-21)26(32)28-23-7-3-1-5-19(23)13-14-30-15-17-31(18-16-30)25-22-6-2-4-8-24(22)33-29-25/h1-12H,13-18H2,(H,28,32). The molecule has 3 aromatic carbocycles. The van der Waals surface area contributed by atoms with E-state index in [1.807, 2.05) is 18.2 Å². The number of carbonyl (C=O) groups excluding carboxylic acids is 1. The molecule has 33 heavy (non-hydrogen) atoms. The van der Waals surface area contributed by atoms with Gasteiger partial charge >= 0.3 is 0 Å². The van der Waals surface area contributed by atoms with Gasteiger partial charge in [0.2, 0.25) is 0 Å². The van der Waals surface area contributed by atoms with Crippen LogP contribution in [-0.2, 0) is 6.42 Å². The molecule has 5 rings (SSSR count). The highest BCUT2D eigenvalue weighted by molar-refractivity contribution is 7.13. The molecule has 1 aliphatic rings. The van der Waals surface area contributed by atoms with Crippen molar-refractivity contribution in [3.05, 3.63) is 89.7 Å². The van der Waals surface area contributed by atoms with Crippen molar-refractivity contribution in [1.82, 2.24) is 9.27 Å². The van der Waals surface area contributed by atoms with E-state index in [-0.39, 0.29) is 11.7 Å². The average Bonchev–Trinajstić information content (AvgIpc) is 3.28. The number of carbonyl (C=O) groups is 1. The lowest BCUT2D eigenvalue weighted by molar-refractivity contribution is 0.102. The molecule has 2 heterocycles. The first kappa shape index (κ1) is 21.6. The Labute approximate surface area is 196 Å². The molecule has 0 saturated carbocycles. The Bertz CT molecular complexity index is 1250. The molecule has 0 aliphatic carbocycles. The van der Waals surface area contributed by atoms with Crippen molar-refractivity contribution in [1.29, 1.82) is 0 Å². The number of benzene rings is 3. The fourth-order valence-electron chi connectivity index (χ4n) is 4.22. The van der Waals surface area contributed by atoms with Gasteiger partial charge in [0.1, 0.15) is 11.6 Å². The summed E-state index contributed by atoms with van der Waals surface area (Å²) in [6, 6.07) is 21.9. The van der Waals surface area contributed by atoms with Crippen molar-refractivity contribution in [3.8, 4) is 0 Å². The second kappa shape index (κ2) is 9.68. The monoisotopic (exact) mass is 460 g/mol. The highest BCUT2D eigenvalue weighted by atomic mass is 32.1. The van der Waals surface area contributed by atoms with Gasteiger partial charge in [0.25, 0.3) is 5.91 Å². The zero-order chi connectivity index (χ0) is 22.6. The number of rotatable bonds is 6. The van der Waals surface area contributed by atoms with Crippen molar-refractivity contribution >= 4 is 39.0 Å². The molecular formula is C26H25FN4OS. The summed E-state index contributed by atoms with van der Waals surface area (Å²) in [6.07, 6.45) is 0.847. The van der Waals surface area contributed by atoms with Gasteiger partial charge in [0.05, 0.1) is 4.70 Å². The van der Waals surface area contributed by atoms with Gasteiger partial charge in [0.15, 0.2) is 0 Å². The van der Waals surface area contributed by atoms with Crippen molar-refractivity contribution in [2.45, 2.75) is 6.42 Å². The Balaban J connectivity index is 1.18. The van der Waals surface area contributed by atoms with Crippen LogP contribution in [0.2, 0.25) is 0 Å². The van der Waals surface area contributed by atoms with Crippen LogP contribution < -0.4 is 10.2 Å². The molecule has 4 aromatic rings. The van der Waals surface area contributed by atoms with E-state index in [1.54, 1.807) is 11.5 Å². The van der Waals surface area contributed by atoms with Gasteiger partial charge in [-0.25, -0.2) is 4.39 Å². The van der Waals surface area contributed by atoms with Crippen molar-refractivity contribution in [2.75, 3.05) is 42.9 Å². The lowest BCUT2D eigenvalue weighted by Crippen LogP contribution is -2.47. The number of amides is 1. The summed E-state index contributed by atoms with van der Waals surface area (Å²) in [6.45, 7) is 4.80. The number of para-hydroxylation sites is 1. The summed E-state index contributed by atoms with van der Waals surface area (Å²) in [4.78, 5) is 17.4. The molecule has 0 bridgehead atoms. The van der Waals surface area contributed by atoms with Gasteiger partial charge < -0.3 is 10.2 Å². The topological polar surface area (TPSA) is 48.5 Å². The van der Waals surface area contributed by atoms with Gasteiger partial charge in [-0.3, -0.25) is 9.69 Å². The minimum absolute atomic E-state index is 0.230. The summed E-state index contributed by atoms with van der Waals surface area (Å²) < 4.78 is 19.1. The normalized spacial score (nSPS) is 14.5. The number of hydrogen-bond acceptors (Lipinski definition) is 5. The number of hydrogen-bond donors (Lipinski definition) is 1. The summed E-state index contributed by atoms with van der Waals surface area (Å²) in [5.74, 6) is 0.519. The number of nitrogens with zero attached hydrogens (tertiary/aromatic N) is 3. The van der Waals surface area contributed by atoms with Gasteiger partial charge in [-0.1, -0.05) is 30.3 Å². The summed E-state index contributed by atoms with van der Waals surface area (Å²) >= 11 is 1.56. The fourth-order valence-corrected chi connectivity index (χ4v) is 5.01. The number of nitrogens with one attached hydrogen (secondary N) is 1. The molecule has 0 unspecified atom stereocenters. The summed E-state index contributed by atoms with van der Waals surface area (Å²) in [5.41, 5.74) is 2.34. The van der Waals surface area contributed by atoms with Crippen LogP contribution in [0.15, 0.2) is 72.8 Å². The summed E-state index contributed by atoms with van der Waals surface area (Å²) in [7, 11) is 0. The first-order valence-electron chi connectivity index (χ1n) is 11.1. The number of anilines is 2. The molecule has 0 atom stereocenters. The van der Waals surface area contributed by atoms with E-state index in [0.29, 0.717) is 5.56 Å².